The van der Waals surface area contributed by atoms with E-state index in [9.17, 15) is 4.79 Å². The second kappa shape index (κ2) is 5.39. The lowest BCUT2D eigenvalue weighted by molar-refractivity contribution is 0.634. The van der Waals surface area contributed by atoms with E-state index in [1.54, 1.807) is 6.07 Å². The fourth-order valence-electron chi connectivity index (χ4n) is 2.24. The predicted molar refractivity (Wildman–Crippen MR) is 78.3 cm³/mol. The minimum atomic E-state index is -0.0828. The molecule has 0 aliphatic carbocycles. The van der Waals surface area contributed by atoms with Crippen LogP contribution < -0.4 is 5.56 Å². The number of H-pyrrole nitrogens is 1. The highest BCUT2D eigenvalue weighted by molar-refractivity contribution is 5.60. The SMILES string of the molecule is Cc1ccc(-c2nc(CC(C)C)cc(=O)[nH]2)c(C)c1. The van der Waals surface area contributed by atoms with Crippen LogP contribution in [0, 0.1) is 19.8 Å². The average Bonchev–Trinajstić information content (AvgIpc) is 2.26. The van der Waals surface area contributed by atoms with E-state index in [0.29, 0.717) is 11.7 Å². The van der Waals surface area contributed by atoms with Gasteiger partial charge in [-0.1, -0.05) is 37.6 Å². The number of hydrogen-bond acceptors (Lipinski definition) is 2. The van der Waals surface area contributed by atoms with Crippen molar-refractivity contribution in [2.75, 3.05) is 0 Å². The van der Waals surface area contributed by atoms with E-state index >= 15 is 0 Å². The van der Waals surface area contributed by atoms with Crippen LogP contribution in [0.4, 0.5) is 0 Å². The summed E-state index contributed by atoms with van der Waals surface area (Å²) in [5.74, 6) is 1.15. The molecule has 3 heteroatoms. The van der Waals surface area contributed by atoms with Gasteiger partial charge in [0.2, 0.25) is 0 Å². The van der Waals surface area contributed by atoms with E-state index in [4.69, 9.17) is 0 Å². The number of aryl methyl sites for hydroxylation is 2. The fraction of sp³-hybridized carbons (Fsp3) is 0.375. The van der Waals surface area contributed by atoms with E-state index in [1.807, 2.05) is 19.1 Å². The number of rotatable bonds is 3. The van der Waals surface area contributed by atoms with Gasteiger partial charge in [-0.05, 0) is 31.7 Å². The van der Waals surface area contributed by atoms with Crippen LogP contribution in [0.15, 0.2) is 29.1 Å². The van der Waals surface area contributed by atoms with E-state index in [0.717, 1.165) is 23.2 Å². The van der Waals surface area contributed by atoms with Crippen molar-refractivity contribution in [2.24, 2.45) is 5.92 Å². The number of nitrogens with one attached hydrogen (secondary N) is 1. The molecule has 0 bridgehead atoms. The third-order valence-corrected chi connectivity index (χ3v) is 3.05. The lowest BCUT2D eigenvalue weighted by Gasteiger charge is -2.09. The van der Waals surface area contributed by atoms with Crippen molar-refractivity contribution < 1.29 is 0 Å². The fourth-order valence-corrected chi connectivity index (χ4v) is 2.24. The number of aromatic amines is 1. The lowest BCUT2D eigenvalue weighted by atomic mass is 10.0. The summed E-state index contributed by atoms with van der Waals surface area (Å²) in [6.45, 7) is 8.35. The summed E-state index contributed by atoms with van der Waals surface area (Å²) in [6, 6.07) is 7.75. The van der Waals surface area contributed by atoms with Gasteiger partial charge in [0, 0.05) is 17.3 Å². The maximum absolute atomic E-state index is 11.7. The summed E-state index contributed by atoms with van der Waals surface area (Å²) in [5, 5.41) is 0. The summed E-state index contributed by atoms with van der Waals surface area (Å²) < 4.78 is 0. The zero-order valence-electron chi connectivity index (χ0n) is 11.9. The Kier molecular flexibility index (Phi) is 3.84. The molecule has 0 aliphatic rings. The first-order chi connectivity index (χ1) is 8.95. The minimum absolute atomic E-state index is 0.0828. The molecular formula is C16H20N2O. The summed E-state index contributed by atoms with van der Waals surface area (Å²) >= 11 is 0. The van der Waals surface area contributed by atoms with Gasteiger partial charge in [-0.25, -0.2) is 4.98 Å². The smallest absolute Gasteiger partial charge is 0.251 e. The molecule has 1 heterocycles. The van der Waals surface area contributed by atoms with Crippen LogP contribution in [-0.4, -0.2) is 9.97 Å². The van der Waals surface area contributed by atoms with E-state index in [2.05, 4.69) is 36.8 Å². The molecule has 1 aromatic heterocycles. The van der Waals surface area contributed by atoms with Crippen molar-refractivity contribution in [3.63, 3.8) is 0 Å². The lowest BCUT2D eigenvalue weighted by Crippen LogP contribution is -2.12. The largest absolute Gasteiger partial charge is 0.307 e. The molecule has 0 spiro atoms. The standard InChI is InChI=1S/C16H20N2O/c1-10(2)7-13-9-15(19)18-16(17-13)14-6-5-11(3)8-12(14)4/h5-6,8-10H,7H2,1-4H3,(H,17,18,19). The highest BCUT2D eigenvalue weighted by Gasteiger charge is 2.08. The first-order valence-electron chi connectivity index (χ1n) is 6.63. The van der Waals surface area contributed by atoms with Crippen LogP contribution in [0.3, 0.4) is 0 Å². The Labute approximate surface area is 113 Å². The molecule has 0 amide bonds. The van der Waals surface area contributed by atoms with E-state index < -0.39 is 0 Å². The summed E-state index contributed by atoms with van der Waals surface area (Å²) in [5.41, 5.74) is 4.11. The normalized spacial score (nSPS) is 11.0. The molecule has 100 valence electrons. The Hall–Kier alpha value is -1.90. The first kappa shape index (κ1) is 13.5. The van der Waals surface area contributed by atoms with Gasteiger partial charge in [-0.3, -0.25) is 4.79 Å². The quantitative estimate of drug-likeness (QED) is 0.916. The van der Waals surface area contributed by atoms with Gasteiger partial charge in [0.05, 0.1) is 0 Å². The molecule has 2 aromatic rings. The minimum Gasteiger partial charge on any atom is -0.307 e. The van der Waals surface area contributed by atoms with Crippen LogP contribution in [0.5, 0.6) is 0 Å². The summed E-state index contributed by atoms with van der Waals surface area (Å²) in [6.07, 6.45) is 0.821. The van der Waals surface area contributed by atoms with Crippen molar-refractivity contribution in [1.82, 2.24) is 9.97 Å². The highest BCUT2D eigenvalue weighted by Crippen LogP contribution is 2.20. The monoisotopic (exact) mass is 256 g/mol. The van der Waals surface area contributed by atoms with Gasteiger partial charge in [-0.15, -0.1) is 0 Å². The van der Waals surface area contributed by atoms with Gasteiger partial charge in [0.1, 0.15) is 5.82 Å². The molecule has 0 saturated heterocycles. The van der Waals surface area contributed by atoms with Crippen molar-refractivity contribution >= 4 is 0 Å². The zero-order valence-corrected chi connectivity index (χ0v) is 11.9. The maximum Gasteiger partial charge on any atom is 0.251 e. The van der Waals surface area contributed by atoms with Crippen LogP contribution in [0.2, 0.25) is 0 Å². The van der Waals surface area contributed by atoms with Gasteiger partial charge < -0.3 is 4.98 Å². The number of hydrogen-bond donors (Lipinski definition) is 1. The van der Waals surface area contributed by atoms with Gasteiger partial charge >= 0.3 is 0 Å². The van der Waals surface area contributed by atoms with Crippen molar-refractivity contribution in [3.8, 4) is 11.4 Å². The number of benzene rings is 1. The Morgan fingerprint density at radius 1 is 1.21 bits per heavy atom. The Balaban J connectivity index is 2.50. The van der Waals surface area contributed by atoms with Crippen LogP contribution in [0.1, 0.15) is 30.7 Å². The second-order valence-corrected chi connectivity index (χ2v) is 5.50. The summed E-state index contributed by atoms with van der Waals surface area (Å²) in [4.78, 5) is 19.2. The van der Waals surface area contributed by atoms with Crippen molar-refractivity contribution in [3.05, 3.63) is 51.4 Å². The molecular weight excluding hydrogens is 236 g/mol. The molecule has 0 unspecified atom stereocenters. The Morgan fingerprint density at radius 2 is 1.95 bits per heavy atom. The first-order valence-corrected chi connectivity index (χ1v) is 6.63. The molecule has 19 heavy (non-hydrogen) atoms. The van der Waals surface area contributed by atoms with Crippen LogP contribution >= 0.6 is 0 Å². The van der Waals surface area contributed by atoms with Crippen LogP contribution in [0.25, 0.3) is 11.4 Å². The van der Waals surface area contributed by atoms with E-state index in [1.165, 1.54) is 5.56 Å². The maximum atomic E-state index is 11.7. The molecule has 0 fully saturated rings. The molecule has 0 atom stereocenters. The van der Waals surface area contributed by atoms with Crippen molar-refractivity contribution in [2.45, 2.75) is 34.1 Å². The predicted octanol–water partition coefficient (Wildman–Crippen LogP) is 3.25. The molecule has 0 saturated carbocycles. The Morgan fingerprint density at radius 3 is 2.58 bits per heavy atom. The molecule has 0 radical (unpaired) electrons. The second-order valence-electron chi connectivity index (χ2n) is 5.50. The van der Waals surface area contributed by atoms with Gasteiger partial charge in [0.25, 0.3) is 5.56 Å². The van der Waals surface area contributed by atoms with Gasteiger partial charge in [-0.2, -0.15) is 0 Å². The highest BCUT2D eigenvalue weighted by atomic mass is 16.1. The number of nitrogens with zero attached hydrogens (tertiary/aromatic N) is 1. The van der Waals surface area contributed by atoms with E-state index in [-0.39, 0.29) is 5.56 Å². The molecule has 2 rings (SSSR count). The topological polar surface area (TPSA) is 45.8 Å². The Bertz CT molecular complexity index is 641. The molecule has 0 aliphatic heterocycles. The molecule has 1 N–H and O–H groups in total. The molecule has 1 aromatic carbocycles. The molecule has 3 nitrogen and oxygen atoms in total. The zero-order chi connectivity index (χ0) is 14.0. The third-order valence-electron chi connectivity index (χ3n) is 3.05. The average molecular weight is 256 g/mol. The van der Waals surface area contributed by atoms with Crippen LogP contribution in [-0.2, 0) is 6.42 Å². The third kappa shape index (κ3) is 3.31. The number of aromatic nitrogens is 2. The van der Waals surface area contributed by atoms with Crippen molar-refractivity contribution in [1.29, 1.82) is 0 Å². The van der Waals surface area contributed by atoms with Gasteiger partial charge in [0.15, 0.2) is 0 Å². The summed E-state index contributed by atoms with van der Waals surface area (Å²) in [7, 11) is 0.